The number of rotatable bonds is 4. The predicted octanol–water partition coefficient (Wildman–Crippen LogP) is 10.9. The Morgan fingerprint density at radius 3 is 0.815 bits per heavy atom. The van der Waals surface area contributed by atoms with E-state index in [1.54, 1.807) is 12.1 Å². The molecule has 0 radical (unpaired) electrons. The Morgan fingerprint density at radius 1 is 0.296 bits per heavy atom. The summed E-state index contributed by atoms with van der Waals surface area (Å²) >= 11 is 0. The molecule has 0 fully saturated rings. The molecule has 0 saturated carbocycles. The molecular formula is C48H48N2O4. The van der Waals surface area contributed by atoms with Crippen LogP contribution in [-0.2, 0) is 0 Å². The van der Waals surface area contributed by atoms with Gasteiger partial charge in [-0.2, -0.15) is 0 Å². The lowest BCUT2D eigenvalue weighted by molar-refractivity contribution is 0.0908. The van der Waals surface area contributed by atoms with Gasteiger partial charge < -0.3 is 0 Å². The third-order valence-electron chi connectivity index (χ3n) is 13.3. The van der Waals surface area contributed by atoms with E-state index in [1.807, 2.05) is 52.0 Å². The summed E-state index contributed by atoms with van der Waals surface area (Å²) in [5, 5.41) is 0. The van der Waals surface area contributed by atoms with E-state index in [0.29, 0.717) is 55.9 Å². The minimum absolute atomic E-state index is 0.360. The van der Waals surface area contributed by atoms with Gasteiger partial charge in [0.25, 0.3) is 23.6 Å². The Hall–Kier alpha value is -5.62. The highest BCUT2D eigenvalue weighted by Crippen LogP contribution is 2.45. The second kappa shape index (κ2) is 12.5. The summed E-state index contributed by atoms with van der Waals surface area (Å²) in [5.74, 6) is -1.54. The molecule has 0 aromatic heterocycles. The van der Waals surface area contributed by atoms with E-state index in [-0.39, 0.29) is 23.6 Å². The third-order valence-corrected chi connectivity index (χ3v) is 13.3. The standard InChI is InChI=1S/C48H48N2O4/c1-21-23(3)27(7)41(28(8)24(21)4)35-15-17-37-39(19-35)47(53)49(45(37)51)43-31(11)33(13)44(34(14)32(43)12)50-46(52)38-18-16-36(20-40(38)48(50)54)42-29(9)25(5)22(2)26(6)30(42)10/h15-20H,1-14H3. The van der Waals surface area contributed by atoms with Crippen LogP contribution < -0.4 is 9.80 Å². The quantitative estimate of drug-likeness (QED) is 0.174. The van der Waals surface area contributed by atoms with E-state index in [0.717, 1.165) is 44.5 Å². The van der Waals surface area contributed by atoms with Gasteiger partial charge in [0, 0.05) is 0 Å². The Kier molecular flexibility index (Phi) is 8.49. The van der Waals surface area contributed by atoms with Crippen molar-refractivity contribution < 1.29 is 19.2 Å². The number of hydrogen-bond acceptors (Lipinski definition) is 4. The first kappa shape index (κ1) is 36.7. The number of fused-ring (bicyclic) bond motifs is 2. The van der Waals surface area contributed by atoms with Crippen LogP contribution in [0.15, 0.2) is 36.4 Å². The molecule has 6 nitrogen and oxygen atoms in total. The average Bonchev–Trinajstić information content (AvgIpc) is 3.54. The molecule has 0 aliphatic carbocycles. The summed E-state index contributed by atoms with van der Waals surface area (Å²) in [6.07, 6.45) is 0. The highest BCUT2D eigenvalue weighted by atomic mass is 16.2. The van der Waals surface area contributed by atoms with Crippen LogP contribution in [0.2, 0.25) is 0 Å². The number of carbonyl (C=O) groups excluding carboxylic acids is 4. The summed E-state index contributed by atoms with van der Waals surface area (Å²) < 4.78 is 0. The van der Waals surface area contributed by atoms with Crippen LogP contribution >= 0.6 is 0 Å². The van der Waals surface area contributed by atoms with Gasteiger partial charge in [-0.3, -0.25) is 19.2 Å². The van der Waals surface area contributed by atoms with Gasteiger partial charge in [-0.25, -0.2) is 9.80 Å². The van der Waals surface area contributed by atoms with Crippen LogP contribution in [0.3, 0.4) is 0 Å². The molecule has 5 aromatic rings. The number of carbonyl (C=O) groups is 4. The highest BCUT2D eigenvalue weighted by molar-refractivity contribution is 6.37. The molecule has 0 unspecified atom stereocenters. The zero-order valence-electron chi connectivity index (χ0n) is 34.0. The molecule has 2 aliphatic rings. The minimum Gasteiger partial charge on any atom is -0.268 e. The van der Waals surface area contributed by atoms with Gasteiger partial charge in [0.1, 0.15) is 0 Å². The molecule has 0 bridgehead atoms. The van der Waals surface area contributed by atoms with E-state index in [1.165, 1.54) is 43.2 Å². The molecule has 274 valence electrons. The molecule has 2 heterocycles. The van der Waals surface area contributed by atoms with Crippen molar-refractivity contribution in [1.29, 1.82) is 0 Å². The molecule has 0 spiro atoms. The van der Waals surface area contributed by atoms with Crippen LogP contribution in [0.4, 0.5) is 11.4 Å². The van der Waals surface area contributed by atoms with Crippen LogP contribution in [0, 0.1) is 96.9 Å². The van der Waals surface area contributed by atoms with E-state index in [4.69, 9.17) is 0 Å². The fourth-order valence-corrected chi connectivity index (χ4v) is 9.01. The summed E-state index contributed by atoms with van der Waals surface area (Å²) in [6.45, 7) is 28.6. The Morgan fingerprint density at radius 2 is 0.537 bits per heavy atom. The first-order valence-electron chi connectivity index (χ1n) is 18.6. The lowest BCUT2D eigenvalue weighted by Crippen LogP contribution is -2.34. The second-order valence-electron chi connectivity index (χ2n) is 15.6. The Bertz CT molecular complexity index is 2350. The van der Waals surface area contributed by atoms with Crippen LogP contribution in [0.25, 0.3) is 22.3 Å². The molecule has 7 rings (SSSR count). The molecule has 0 N–H and O–H groups in total. The smallest absolute Gasteiger partial charge is 0.266 e. The predicted molar refractivity (Wildman–Crippen MR) is 219 cm³/mol. The van der Waals surface area contributed by atoms with E-state index >= 15 is 0 Å². The van der Waals surface area contributed by atoms with Crippen molar-refractivity contribution in [3.05, 3.63) is 137 Å². The first-order valence-corrected chi connectivity index (χ1v) is 18.6. The SMILES string of the molecule is Cc1c(C)c(C)c(-c2ccc3c(c2)C(=O)N(c2c(C)c(C)c(N4C(=O)c5ccc(-c6c(C)c(C)c(C)c(C)c6C)cc5C4=O)c(C)c2C)C3=O)c(C)c1C. The van der Waals surface area contributed by atoms with Crippen molar-refractivity contribution >= 4 is 35.0 Å². The van der Waals surface area contributed by atoms with Gasteiger partial charge in [0.15, 0.2) is 0 Å². The second-order valence-corrected chi connectivity index (χ2v) is 15.6. The largest absolute Gasteiger partial charge is 0.268 e. The van der Waals surface area contributed by atoms with Crippen molar-refractivity contribution in [3.8, 4) is 22.3 Å². The lowest BCUT2D eigenvalue weighted by Gasteiger charge is -2.28. The zero-order chi connectivity index (χ0) is 39.6. The Labute approximate surface area is 318 Å². The van der Waals surface area contributed by atoms with Gasteiger partial charge in [-0.15, -0.1) is 0 Å². The maximum atomic E-state index is 14.3. The van der Waals surface area contributed by atoms with E-state index < -0.39 is 0 Å². The number of nitrogens with zero attached hydrogens (tertiary/aromatic N) is 2. The van der Waals surface area contributed by atoms with Crippen LogP contribution in [0.1, 0.15) is 119 Å². The lowest BCUT2D eigenvalue weighted by atomic mass is 9.85. The molecule has 5 aromatic carbocycles. The van der Waals surface area contributed by atoms with Gasteiger partial charge in [0.2, 0.25) is 0 Å². The minimum atomic E-state index is -0.385. The molecule has 6 heteroatoms. The number of anilines is 2. The van der Waals surface area contributed by atoms with Gasteiger partial charge in [-0.05, 0) is 221 Å². The first-order chi connectivity index (χ1) is 25.3. The van der Waals surface area contributed by atoms with Gasteiger partial charge >= 0.3 is 0 Å². The van der Waals surface area contributed by atoms with Crippen molar-refractivity contribution in [2.75, 3.05) is 9.80 Å². The topological polar surface area (TPSA) is 74.8 Å². The molecular weight excluding hydrogens is 669 g/mol. The number of benzene rings is 5. The average molecular weight is 717 g/mol. The summed E-state index contributed by atoms with van der Waals surface area (Å²) in [7, 11) is 0. The van der Waals surface area contributed by atoms with Crippen molar-refractivity contribution in [1.82, 2.24) is 0 Å². The maximum Gasteiger partial charge on any atom is 0.266 e. The molecule has 4 amide bonds. The zero-order valence-corrected chi connectivity index (χ0v) is 34.0. The molecule has 2 aliphatic heterocycles. The fourth-order valence-electron chi connectivity index (χ4n) is 9.01. The maximum absolute atomic E-state index is 14.3. The van der Waals surface area contributed by atoms with E-state index in [2.05, 4.69) is 69.2 Å². The summed E-state index contributed by atoms with van der Waals surface area (Å²) in [5.41, 5.74) is 21.1. The molecule has 0 saturated heterocycles. The number of hydrogen-bond donors (Lipinski definition) is 0. The van der Waals surface area contributed by atoms with Gasteiger partial charge in [0.05, 0.1) is 33.6 Å². The van der Waals surface area contributed by atoms with Crippen LogP contribution in [-0.4, -0.2) is 23.6 Å². The van der Waals surface area contributed by atoms with E-state index in [9.17, 15) is 19.2 Å². The van der Waals surface area contributed by atoms with Crippen molar-refractivity contribution in [2.24, 2.45) is 0 Å². The summed E-state index contributed by atoms with van der Waals surface area (Å²) in [4.78, 5) is 59.4. The monoisotopic (exact) mass is 716 g/mol. The van der Waals surface area contributed by atoms with Gasteiger partial charge in [-0.1, -0.05) is 12.1 Å². The highest BCUT2D eigenvalue weighted by Gasteiger charge is 2.42. The van der Waals surface area contributed by atoms with Crippen molar-refractivity contribution in [2.45, 2.75) is 96.9 Å². The normalized spacial score (nSPS) is 13.8. The fraction of sp³-hybridized carbons (Fsp3) is 0.292. The van der Waals surface area contributed by atoms with Crippen molar-refractivity contribution in [3.63, 3.8) is 0 Å². The summed E-state index contributed by atoms with van der Waals surface area (Å²) in [6, 6.07) is 11.1. The third kappa shape index (κ3) is 4.85. The molecule has 0 atom stereocenters. The molecule has 54 heavy (non-hydrogen) atoms. The number of imide groups is 2. The Balaban J connectivity index is 1.29. The number of amides is 4. The van der Waals surface area contributed by atoms with Crippen LogP contribution in [0.5, 0.6) is 0 Å².